The van der Waals surface area contributed by atoms with E-state index in [9.17, 15) is 0 Å². The number of unbranched alkanes of at least 4 members (excludes halogenated alkanes) is 4. The molecule has 0 aromatic heterocycles. The SMILES string of the molecule is CCCCCCC#C[Se]CCCO. The van der Waals surface area contributed by atoms with Crippen LogP contribution in [0, 0.1) is 10.7 Å². The number of hydrogen-bond acceptors (Lipinski definition) is 1. The van der Waals surface area contributed by atoms with Gasteiger partial charge in [-0.25, -0.2) is 0 Å². The van der Waals surface area contributed by atoms with Crippen molar-refractivity contribution < 1.29 is 5.11 Å². The summed E-state index contributed by atoms with van der Waals surface area (Å²) in [5.41, 5.74) is 0. The van der Waals surface area contributed by atoms with Crippen LogP contribution in [0.15, 0.2) is 0 Å². The van der Waals surface area contributed by atoms with E-state index in [1.54, 1.807) is 0 Å². The van der Waals surface area contributed by atoms with Gasteiger partial charge < -0.3 is 0 Å². The third kappa shape index (κ3) is 12.0. The van der Waals surface area contributed by atoms with Crippen LogP contribution in [0.25, 0.3) is 0 Å². The molecule has 0 amide bonds. The molecule has 2 heteroatoms. The van der Waals surface area contributed by atoms with Crippen molar-refractivity contribution in [3.63, 3.8) is 0 Å². The molecule has 0 aromatic rings. The fourth-order valence-corrected chi connectivity index (χ4v) is 2.15. The molecular weight excluding hydrogens is 227 g/mol. The summed E-state index contributed by atoms with van der Waals surface area (Å²) in [5.74, 6) is 3.20. The molecule has 0 unspecified atom stereocenters. The molecule has 13 heavy (non-hydrogen) atoms. The van der Waals surface area contributed by atoms with Crippen LogP contribution in [0.4, 0.5) is 0 Å². The van der Waals surface area contributed by atoms with Crippen LogP contribution in [0.2, 0.25) is 5.32 Å². The first-order valence-electron chi connectivity index (χ1n) is 5.12. The van der Waals surface area contributed by atoms with Gasteiger partial charge in [-0.3, -0.25) is 0 Å². The molecule has 76 valence electrons. The zero-order valence-electron chi connectivity index (χ0n) is 8.51. The van der Waals surface area contributed by atoms with Gasteiger partial charge in [0.15, 0.2) is 0 Å². The first-order chi connectivity index (χ1) is 6.41. The van der Waals surface area contributed by atoms with Gasteiger partial charge in [-0.2, -0.15) is 0 Å². The molecular formula is C11H20OSe. The summed E-state index contributed by atoms with van der Waals surface area (Å²) in [5, 5.41) is 9.63. The second-order valence-corrected chi connectivity index (χ2v) is 4.91. The zero-order valence-corrected chi connectivity index (χ0v) is 10.2. The molecule has 0 rings (SSSR count). The summed E-state index contributed by atoms with van der Waals surface area (Å²) in [6.45, 7) is 2.55. The minimum atomic E-state index is 0.319. The van der Waals surface area contributed by atoms with Crippen LogP contribution in [-0.4, -0.2) is 26.7 Å². The van der Waals surface area contributed by atoms with Crippen molar-refractivity contribution in [3.8, 4) is 10.7 Å². The molecule has 0 atom stereocenters. The summed E-state index contributed by atoms with van der Waals surface area (Å²) < 4.78 is 0. The monoisotopic (exact) mass is 248 g/mol. The molecule has 0 bridgehead atoms. The Kier molecular flexibility index (Phi) is 12.1. The van der Waals surface area contributed by atoms with Gasteiger partial charge in [0.1, 0.15) is 0 Å². The Morgan fingerprint density at radius 2 is 2.00 bits per heavy atom. The molecule has 0 aliphatic carbocycles. The Morgan fingerprint density at radius 3 is 2.69 bits per heavy atom. The van der Waals surface area contributed by atoms with E-state index in [0.29, 0.717) is 21.6 Å². The van der Waals surface area contributed by atoms with Gasteiger partial charge in [0.25, 0.3) is 0 Å². The van der Waals surface area contributed by atoms with E-state index in [4.69, 9.17) is 5.11 Å². The van der Waals surface area contributed by atoms with Crippen LogP contribution >= 0.6 is 0 Å². The predicted molar refractivity (Wildman–Crippen MR) is 58.8 cm³/mol. The van der Waals surface area contributed by atoms with Crippen molar-refractivity contribution in [3.05, 3.63) is 0 Å². The van der Waals surface area contributed by atoms with E-state index >= 15 is 0 Å². The quantitative estimate of drug-likeness (QED) is 0.416. The molecule has 0 radical (unpaired) electrons. The van der Waals surface area contributed by atoms with Crippen LogP contribution < -0.4 is 0 Å². The van der Waals surface area contributed by atoms with E-state index in [1.165, 1.54) is 25.7 Å². The number of aliphatic hydroxyl groups is 1. The zero-order chi connectivity index (χ0) is 9.78. The van der Waals surface area contributed by atoms with Crippen LogP contribution in [-0.2, 0) is 0 Å². The van der Waals surface area contributed by atoms with E-state index in [2.05, 4.69) is 17.7 Å². The van der Waals surface area contributed by atoms with Gasteiger partial charge >= 0.3 is 88.2 Å². The molecule has 0 aliphatic heterocycles. The second kappa shape index (κ2) is 12.0. The normalized spacial score (nSPS) is 9.38. The number of hydrogen-bond donors (Lipinski definition) is 1. The second-order valence-electron chi connectivity index (χ2n) is 3.02. The van der Waals surface area contributed by atoms with Crippen LogP contribution in [0.5, 0.6) is 0 Å². The number of rotatable bonds is 7. The molecule has 0 saturated heterocycles. The molecule has 0 aliphatic rings. The van der Waals surface area contributed by atoms with Gasteiger partial charge in [0.2, 0.25) is 0 Å². The summed E-state index contributed by atoms with van der Waals surface area (Å²) in [7, 11) is 0. The van der Waals surface area contributed by atoms with Gasteiger partial charge in [-0.05, 0) is 0 Å². The topological polar surface area (TPSA) is 20.2 Å². The van der Waals surface area contributed by atoms with Crippen LogP contribution in [0.3, 0.4) is 0 Å². The molecule has 0 fully saturated rings. The summed E-state index contributed by atoms with van der Waals surface area (Å²) >= 11 is 0.452. The molecule has 0 aromatic carbocycles. The maximum absolute atomic E-state index is 8.53. The van der Waals surface area contributed by atoms with E-state index in [-0.39, 0.29) is 0 Å². The fourth-order valence-electron chi connectivity index (χ4n) is 0.930. The minimum absolute atomic E-state index is 0.319. The predicted octanol–water partition coefficient (Wildman–Crippen LogP) is 2.42. The van der Waals surface area contributed by atoms with Crippen molar-refractivity contribution in [2.75, 3.05) is 6.61 Å². The third-order valence-corrected chi connectivity index (χ3v) is 3.34. The first-order valence-corrected chi connectivity index (χ1v) is 7.19. The number of aliphatic hydroxyl groups excluding tert-OH is 1. The van der Waals surface area contributed by atoms with E-state index in [0.717, 1.165) is 18.2 Å². The van der Waals surface area contributed by atoms with Crippen molar-refractivity contribution in [2.45, 2.75) is 50.8 Å². The first kappa shape index (κ1) is 13.0. The van der Waals surface area contributed by atoms with Crippen molar-refractivity contribution in [1.82, 2.24) is 0 Å². The Hall–Kier alpha value is 0.0395. The molecule has 0 heterocycles. The average molecular weight is 247 g/mol. The Labute approximate surface area is 88.5 Å². The summed E-state index contributed by atoms with van der Waals surface area (Å²) in [6.07, 6.45) is 7.22. The van der Waals surface area contributed by atoms with Crippen molar-refractivity contribution in [2.24, 2.45) is 0 Å². The van der Waals surface area contributed by atoms with Gasteiger partial charge in [0, 0.05) is 0 Å². The fraction of sp³-hybridized carbons (Fsp3) is 0.818. The van der Waals surface area contributed by atoms with Crippen molar-refractivity contribution >= 4 is 15.0 Å². The molecule has 0 spiro atoms. The Morgan fingerprint density at radius 1 is 1.15 bits per heavy atom. The standard InChI is InChI=1S/C11H20OSe/c1-2-3-4-5-6-7-10-13-11-8-9-12/h12H,2-6,8-9,11H2,1H3. The Balaban J connectivity index is 3.02. The summed E-state index contributed by atoms with van der Waals surface area (Å²) in [4.78, 5) is 3.20. The Bertz CT molecular complexity index is 146. The van der Waals surface area contributed by atoms with Gasteiger partial charge in [-0.1, -0.05) is 0 Å². The third-order valence-electron chi connectivity index (χ3n) is 1.70. The van der Waals surface area contributed by atoms with Crippen LogP contribution in [0.1, 0.15) is 45.4 Å². The van der Waals surface area contributed by atoms with E-state index < -0.39 is 0 Å². The van der Waals surface area contributed by atoms with Gasteiger partial charge in [-0.15, -0.1) is 0 Å². The summed E-state index contributed by atoms with van der Waals surface area (Å²) in [6, 6.07) is 0. The van der Waals surface area contributed by atoms with Crippen molar-refractivity contribution in [1.29, 1.82) is 0 Å². The molecule has 0 saturated carbocycles. The maximum atomic E-state index is 8.53. The average Bonchev–Trinajstić information content (AvgIpc) is 2.16. The van der Waals surface area contributed by atoms with Gasteiger partial charge in [0.05, 0.1) is 0 Å². The molecule has 1 N–H and O–H groups in total. The molecule has 1 nitrogen and oxygen atoms in total. The van der Waals surface area contributed by atoms with E-state index in [1.807, 2.05) is 0 Å².